The monoisotopic (exact) mass is 141 g/mol. The molecule has 1 heterocycles. The second-order valence-corrected chi connectivity index (χ2v) is 3.69. The van der Waals surface area contributed by atoms with Crippen LogP contribution in [0, 0.1) is 6.82 Å². The summed E-state index contributed by atoms with van der Waals surface area (Å²) in [6.45, 7) is 11.7. The van der Waals surface area contributed by atoms with Crippen molar-refractivity contribution >= 4 is 7.12 Å². The van der Waals surface area contributed by atoms with Crippen molar-refractivity contribution in [3.05, 3.63) is 6.82 Å². The summed E-state index contributed by atoms with van der Waals surface area (Å²) < 4.78 is 10.9. The third-order valence-electron chi connectivity index (χ3n) is 2.30. The van der Waals surface area contributed by atoms with E-state index in [1.807, 2.05) is 27.7 Å². The Morgan fingerprint density at radius 2 is 1.30 bits per heavy atom. The largest absolute Gasteiger partial charge is 0.430 e. The minimum absolute atomic E-state index is 0.223. The Bertz CT molecular complexity index is 127. The van der Waals surface area contributed by atoms with Crippen molar-refractivity contribution in [1.29, 1.82) is 0 Å². The zero-order valence-electron chi connectivity index (χ0n) is 7.10. The lowest BCUT2D eigenvalue weighted by molar-refractivity contribution is 0.00578. The summed E-state index contributed by atoms with van der Waals surface area (Å²) in [7, 11) is -0.315. The molecule has 2 nitrogen and oxygen atoms in total. The fourth-order valence-electron chi connectivity index (χ4n) is 0.965. The maximum absolute atomic E-state index is 5.43. The highest BCUT2D eigenvalue weighted by Gasteiger charge is 2.45. The zero-order valence-corrected chi connectivity index (χ0v) is 7.10. The summed E-state index contributed by atoms with van der Waals surface area (Å²) in [6.07, 6.45) is 0. The predicted octanol–water partition coefficient (Wildman–Crippen LogP) is 1.45. The van der Waals surface area contributed by atoms with E-state index in [0.29, 0.717) is 0 Å². The molecule has 0 N–H and O–H groups in total. The third-order valence-corrected chi connectivity index (χ3v) is 2.30. The highest BCUT2D eigenvalue weighted by molar-refractivity contribution is 6.47. The lowest BCUT2D eigenvalue weighted by atomic mass is 9.90. The topological polar surface area (TPSA) is 18.5 Å². The highest BCUT2D eigenvalue weighted by Crippen LogP contribution is 2.35. The van der Waals surface area contributed by atoms with E-state index < -0.39 is 0 Å². The van der Waals surface area contributed by atoms with Crippen LogP contribution in [-0.2, 0) is 9.31 Å². The molecule has 3 heteroatoms. The van der Waals surface area contributed by atoms with Crippen LogP contribution in [0.1, 0.15) is 27.7 Å². The van der Waals surface area contributed by atoms with E-state index in [2.05, 4.69) is 6.82 Å². The van der Waals surface area contributed by atoms with Crippen molar-refractivity contribution < 1.29 is 9.31 Å². The number of hydrogen-bond acceptors (Lipinski definition) is 2. The van der Waals surface area contributed by atoms with Crippen molar-refractivity contribution in [2.45, 2.75) is 38.9 Å². The van der Waals surface area contributed by atoms with Crippen molar-refractivity contribution in [2.24, 2.45) is 0 Å². The van der Waals surface area contributed by atoms with Gasteiger partial charge in [-0.15, -0.1) is 0 Å². The van der Waals surface area contributed by atoms with Crippen LogP contribution in [0.25, 0.3) is 0 Å². The molecule has 1 rings (SSSR count). The number of rotatable bonds is 0. The molecule has 0 spiro atoms. The summed E-state index contributed by atoms with van der Waals surface area (Å²) in [6, 6.07) is 0. The summed E-state index contributed by atoms with van der Waals surface area (Å²) >= 11 is 0. The van der Waals surface area contributed by atoms with E-state index in [4.69, 9.17) is 9.31 Å². The lowest BCUT2D eigenvalue weighted by Crippen LogP contribution is -2.41. The molecule has 1 fully saturated rings. The molecular weight excluding hydrogens is 127 g/mol. The van der Waals surface area contributed by atoms with E-state index in [-0.39, 0.29) is 18.3 Å². The molecule has 1 saturated heterocycles. The smallest absolute Gasteiger partial charge is 0.274 e. The maximum Gasteiger partial charge on any atom is 0.274 e. The molecule has 0 amide bonds. The van der Waals surface area contributed by atoms with Crippen LogP contribution in [-0.4, -0.2) is 18.3 Å². The molecule has 0 radical (unpaired) electrons. The predicted molar refractivity (Wildman–Crippen MR) is 41.4 cm³/mol. The molecule has 0 bridgehead atoms. The second-order valence-electron chi connectivity index (χ2n) is 3.69. The van der Waals surface area contributed by atoms with Crippen LogP contribution in [0.15, 0.2) is 0 Å². The van der Waals surface area contributed by atoms with Crippen LogP contribution in [0.4, 0.5) is 0 Å². The first kappa shape index (κ1) is 8.09. The zero-order chi connectivity index (χ0) is 7.99. The minimum atomic E-state index is -0.315. The van der Waals surface area contributed by atoms with Gasteiger partial charge in [-0.1, -0.05) is 0 Å². The van der Waals surface area contributed by atoms with Gasteiger partial charge in [0.15, 0.2) is 0 Å². The summed E-state index contributed by atoms with van der Waals surface area (Å²) in [5.74, 6) is 0. The summed E-state index contributed by atoms with van der Waals surface area (Å²) in [5, 5.41) is 0. The molecule has 0 saturated carbocycles. The van der Waals surface area contributed by atoms with Crippen LogP contribution in [0.3, 0.4) is 0 Å². The molecule has 0 aromatic heterocycles. The molecule has 0 atom stereocenters. The molecule has 0 aromatic rings. The van der Waals surface area contributed by atoms with Gasteiger partial charge in [-0.3, -0.25) is 0 Å². The van der Waals surface area contributed by atoms with Crippen molar-refractivity contribution in [3.8, 4) is 0 Å². The second kappa shape index (κ2) is 1.99. The van der Waals surface area contributed by atoms with Gasteiger partial charge in [-0.25, -0.2) is 0 Å². The Hall–Kier alpha value is -0.0151. The van der Waals surface area contributed by atoms with E-state index in [0.717, 1.165) is 0 Å². The van der Waals surface area contributed by atoms with Crippen LogP contribution in [0.2, 0.25) is 0 Å². The molecule has 1 aliphatic heterocycles. The van der Waals surface area contributed by atoms with Crippen LogP contribution in [0.5, 0.6) is 0 Å². The van der Waals surface area contributed by atoms with Crippen molar-refractivity contribution in [1.82, 2.24) is 0 Å². The van der Waals surface area contributed by atoms with E-state index in [1.165, 1.54) is 0 Å². The Morgan fingerprint density at radius 3 is 1.40 bits per heavy atom. The normalized spacial score (nSPS) is 29.1. The molecule has 0 unspecified atom stereocenters. The molecule has 58 valence electrons. The standard InChI is InChI=1S/C7H14BO2/c1-6(2)7(3,4)10-8(5)9-6/h5H2,1-4H3/q-1. The maximum atomic E-state index is 5.43. The van der Waals surface area contributed by atoms with Gasteiger partial charge in [0.05, 0.1) is 11.2 Å². The molecule has 1 aliphatic rings. The van der Waals surface area contributed by atoms with E-state index in [1.54, 1.807) is 0 Å². The van der Waals surface area contributed by atoms with Crippen molar-refractivity contribution in [2.75, 3.05) is 0 Å². The van der Waals surface area contributed by atoms with Crippen LogP contribution < -0.4 is 0 Å². The van der Waals surface area contributed by atoms with Gasteiger partial charge in [0, 0.05) is 0 Å². The van der Waals surface area contributed by atoms with Crippen LogP contribution >= 0.6 is 0 Å². The first-order valence-electron chi connectivity index (χ1n) is 3.54. The SMILES string of the molecule is [CH2-]B1OC(C)(C)C(C)(C)O1. The Kier molecular flexibility index (Phi) is 1.61. The quantitative estimate of drug-likeness (QED) is 0.375. The van der Waals surface area contributed by atoms with Gasteiger partial charge in [0.2, 0.25) is 0 Å². The fourth-order valence-corrected chi connectivity index (χ4v) is 0.965. The number of hydrogen-bond donors (Lipinski definition) is 0. The van der Waals surface area contributed by atoms with E-state index in [9.17, 15) is 0 Å². The first-order chi connectivity index (χ1) is 4.35. The van der Waals surface area contributed by atoms with Gasteiger partial charge in [-0.05, 0) is 27.7 Å². The summed E-state index contributed by atoms with van der Waals surface area (Å²) in [4.78, 5) is 0. The average molecular weight is 141 g/mol. The lowest BCUT2D eigenvalue weighted by Gasteiger charge is -2.33. The van der Waals surface area contributed by atoms with Gasteiger partial charge < -0.3 is 16.1 Å². The van der Waals surface area contributed by atoms with Gasteiger partial charge in [0.25, 0.3) is 7.12 Å². The first-order valence-corrected chi connectivity index (χ1v) is 3.54. The Labute approximate surface area is 63.0 Å². The fraction of sp³-hybridized carbons (Fsp3) is 0.857. The van der Waals surface area contributed by atoms with Crippen molar-refractivity contribution in [3.63, 3.8) is 0 Å². The Morgan fingerprint density at radius 1 is 1.00 bits per heavy atom. The minimum Gasteiger partial charge on any atom is -0.430 e. The molecule has 0 aromatic carbocycles. The highest BCUT2D eigenvalue weighted by atomic mass is 16.7. The molecular formula is C7H14BO2-. The molecule has 0 aliphatic carbocycles. The van der Waals surface area contributed by atoms with Gasteiger partial charge in [-0.2, -0.15) is 0 Å². The van der Waals surface area contributed by atoms with Gasteiger partial charge in [0.1, 0.15) is 0 Å². The Balaban J connectivity index is 2.78. The third kappa shape index (κ3) is 1.08. The van der Waals surface area contributed by atoms with Gasteiger partial charge >= 0.3 is 0 Å². The average Bonchev–Trinajstić information content (AvgIpc) is 1.73. The molecule has 10 heavy (non-hydrogen) atoms. The van der Waals surface area contributed by atoms with E-state index >= 15 is 0 Å². The summed E-state index contributed by atoms with van der Waals surface area (Å²) in [5.41, 5.74) is -0.446.